The summed E-state index contributed by atoms with van der Waals surface area (Å²) in [5, 5.41) is -0.409. The number of carbonyl (C=O) groups is 2. The molecule has 1 aliphatic heterocycles. The van der Waals surface area contributed by atoms with Gasteiger partial charge in [-0.2, -0.15) is 0 Å². The number of hydrogen-bond donors (Lipinski definition) is 1. The fourth-order valence-corrected chi connectivity index (χ4v) is 5.52. The van der Waals surface area contributed by atoms with Gasteiger partial charge in [0.1, 0.15) is 11.6 Å². The molecule has 0 saturated carbocycles. The number of methoxy groups -OCH3 is 2. The maximum absolute atomic E-state index is 15.9. The van der Waals surface area contributed by atoms with Gasteiger partial charge in [-0.25, -0.2) is 13.6 Å². The molecule has 0 fully saturated rings. The van der Waals surface area contributed by atoms with Gasteiger partial charge in [-0.3, -0.25) is 9.69 Å². The Bertz CT molecular complexity index is 1480. The van der Waals surface area contributed by atoms with E-state index in [0.717, 1.165) is 6.07 Å². The highest BCUT2D eigenvalue weighted by atomic mass is 35.5. The van der Waals surface area contributed by atoms with Gasteiger partial charge >= 0.3 is 6.09 Å². The van der Waals surface area contributed by atoms with Crippen molar-refractivity contribution in [3.8, 4) is 22.6 Å². The van der Waals surface area contributed by atoms with Crippen molar-refractivity contribution in [1.82, 2.24) is 4.90 Å². The van der Waals surface area contributed by atoms with Crippen LogP contribution in [-0.2, 0) is 10.3 Å². The third-order valence-electron chi connectivity index (χ3n) is 7.35. The number of amides is 2. The zero-order chi connectivity index (χ0) is 29.6. The lowest BCUT2D eigenvalue weighted by atomic mass is 9.76. The normalized spacial score (nSPS) is 18.1. The van der Waals surface area contributed by atoms with Crippen molar-refractivity contribution >= 4 is 23.6 Å². The van der Waals surface area contributed by atoms with Gasteiger partial charge in [0, 0.05) is 34.2 Å². The molecule has 7 nitrogen and oxygen atoms in total. The van der Waals surface area contributed by atoms with Crippen LogP contribution in [0.4, 0.5) is 13.6 Å². The zero-order valence-corrected chi connectivity index (χ0v) is 23.9. The van der Waals surface area contributed by atoms with Crippen molar-refractivity contribution in [2.24, 2.45) is 5.73 Å². The Morgan fingerprint density at radius 2 is 1.75 bits per heavy atom. The first-order chi connectivity index (χ1) is 18.8. The lowest BCUT2D eigenvalue weighted by Crippen LogP contribution is -2.54. The van der Waals surface area contributed by atoms with Gasteiger partial charge in [0.15, 0.2) is 17.2 Å². The predicted molar refractivity (Wildman–Crippen MR) is 148 cm³/mol. The molecule has 0 aliphatic carbocycles. The number of hydrogen-bond acceptors (Lipinski definition) is 5. The van der Waals surface area contributed by atoms with Crippen LogP contribution in [0.15, 0.2) is 48.5 Å². The predicted octanol–water partition coefficient (Wildman–Crippen LogP) is 6.65. The second-order valence-corrected chi connectivity index (χ2v) is 11.0. The highest BCUT2D eigenvalue weighted by Crippen LogP contribution is 2.57. The van der Waals surface area contributed by atoms with Crippen molar-refractivity contribution in [2.75, 3.05) is 20.8 Å². The Morgan fingerprint density at radius 1 is 1.10 bits per heavy atom. The summed E-state index contributed by atoms with van der Waals surface area (Å²) in [7, 11) is 2.55. The number of nitrogens with two attached hydrogens (primary N) is 1. The molecule has 2 unspecified atom stereocenters. The summed E-state index contributed by atoms with van der Waals surface area (Å²) >= 11 is 6.54. The third-order valence-corrected chi connectivity index (χ3v) is 7.72. The fourth-order valence-electron chi connectivity index (χ4n) is 5.27. The standard InChI is InChI=1S/C30H31ClF2N2O5/c1-16-22-21(14-19(32)25(31)24(22)23-18(27(34)36)12-13-20(38-5)26(23)33)40-30(16,17-10-8-7-9-11-17)15-35(28(37)39-6)29(2,3)4/h7-14,16H,15H2,1-6H3,(H2,34,36). The van der Waals surface area contributed by atoms with E-state index < -0.39 is 45.7 Å². The smallest absolute Gasteiger partial charge is 0.410 e. The minimum absolute atomic E-state index is 0.00895. The number of rotatable bonds is 6. The largest absolute Gasteiger partial charge is 0.494 e. The summed E-state index contributed by atoms with van der Waals surface area (Å²) in [5.74, 6) is -3.48. The Kier molecular flexibility index (Phi) is 7.73. The van der Waals surface area contributed by atoms with E-state index in [1.165, 1.54) is 31.3 Å². The van der Waals surface area contributed by atoms with E-state index >= 15 is 8.78 Å². The van der Waals surface area contributed by atoms with E-state index in [-0.39, 0.29) is 34.7 Å². The van der Waals surface area contributed by atoms with Gasteiger partial charge in [0.2, 0.25) is 5.91 Å². The van der Waals surface area contributed by atoms with E-state index in [2.05, 4.69) is 0 Å². The first kappa shape index (κ1) is 29.1. The number of fused-ring (bicyclic) bond motifs is 1. The number of primary amides is 1. The van der Waals surface area contributed by atoms with Crippen molar-refractivity contribution in [3.05, 3.63) is 81.9 Å². The number of carbonyl (C=O) groups excluding carboxylic acids is 2. The number of ether oxygens (including phenoxy) is 3. The van der Waals surface area contributed by atoms with E-state index in [4.69, 9.17) is 31.5 Å². The van der Waals surface area contributed by atoms with Crippen LogP contribution in [0.2, 0.25) is 5.02 Å². The van der Waals surface area contributed by atoms with E-state index in [1.807, 2.05) is 58.0 Å². The van der Waals surface area contributed by atoms with Crippen LogP contribution in [0.25, 0.3) is 11.1 Å². The summed E-state index contributed by atoms with van der Waals surface area (Å²) in [6.45, 7) is 7.36. The Hall–Kier alpha value is -3.85. The van der Waals surface area contributed by atoms with Gasteiger partial charge in [0.05, 0.1) is 31.4 Å². The van der Waals surface area contributed by atoms with Crippen molar-refractivity contribution in [1.29, 1.82) is 0 Å². The van der Waals surface area contributed by atoms with Gasteiger partial charge < -0.3 is 19.9 Å². The van der Waals surface area contributed by atoms with Gasteiger partial charge in [0.25, 0.3) is 0 Å². The molecule has 3 aromatic carbocycles. The summed E-state index contributed by atoms with van der Waals surface area (Å²) < 4.78 is 48.1. The van der Waals surface area contributed by atoms with Gasteiger partial charge in [-0.15, -0.1) is 0 Å². The molecule has 0 radical (unpaired) electrons. The Labute approximate surface area is 236 Å². The molecule has 40 heavy (non-hydrogen) atoms. The molecule has 1 heterocycles. The molecule has 2 amide bonds. The van der Waals surface area contributed by atoms with Crippen LogP contribution in [0.1, 0.15) is 55.1 Å². The minimum Gasteiger partial charge on any atom is -0.494 e. The monoisotopic (exact) mass is 572 g/mol. The molecular weight excluding hydrogens is 542 g/mol. The van der Waals surface area contributed by atoms with E-state index in [1.54, 1.807) is 0 Å². The molecule has 2 atom stereocenters. The Balaban J connectivity index is 2.06. The molecule has 0 aromatic heterocycles. The lowest BCUT2D eigenvalue weighted by molar-refractivity contribution is -0.00315. The first-order valence-electron chi connectivity index (χ1n) is 12.6. The second-order valence-electron chi connectivity index (χ2n) is 10.6. The number of halogens is 3. The van der Waals surface area contributed by atoms with E-state index in [0.29, 0.717) is 11.1 Å². The lowest BCUT2D eigenvalue weighted by Gasteiger charge is -2.43. The van der Waals surface area contributed by atoms with Crippen molar-refractivity contribution < 1.29 is 32.6 Å². The topological polar surface area (TPSA) is 91.1 Å². The molecule has 0 saturated heterocycles. The Morgan fingerprint density at radius 3 is 2.30 bits per heavy atom. The van der Waals surface area contributed by atoms with Crippen molar-refractivity contribution in [3.63, 3.8) is 0 Å². The summed E-state index contributed by atoms with van der Waals surface area (Å²) in [4.78, 5) is 26.9. The summed E-state index contributed by atoms with van der Waals surface area (Å²) in [6, 6.07) is 12.8. The van der Waals surface area contributed by atoms with Crippen LogP contribution in [0.3, 0.4) is 0 Å². The van der Waals surface area contributed by atoms with Crippen molar-refractivity contribution in [2.45, 2.75) is 44.8 Å². The second kappa shape index (κ2) is 10.6. The molecular formula is C30H31ClF2N2O5. The SMILES string of the molecule is COC(=O)N(CC1(c2ccccc2)Oc2cc(F)c(Cl)c(-c3c(C(N)=O)ccc(OC)c3F)c2C1C)C(C)(C)C. The highest BCUT2D eigenvalue weighted by molar-refractivity contribution is 6.34. The summed E-state index contributed by atoms with van der Waals surface area (Å²) in [6.07, 6.45) is -0.589. The van der Waals surface area contributed by atoms with Crippen LogP contribution in [0, 0.1) is 11.6 Å². The minimum atomic E-state index is -1.28. The van der Waals surface area contributed by atoms with Gasteiger partial charge in [-0.1, -0.05) is 48.9 Å². The molecule has 4 rings (SSSR count). The molecule has 3 aromatic rings. The molecule has 1 aliphatic rings. The maximum atomic E-state index is 15.9. The van der Waals surface area contributed by atoms with E-state index in [9.17, 15) is 9.59 Å². The van der Waals surface area contributed by atoms with Crippen LogP contribution < -0.4 is 15.2 Å². The highest BCUT2D eigenvalue weighted by Gasteiger charge is 2.52. The quantitative estimate of drug-likeness (QED) is 0.357. The average Bonchev–Trinajstić information content (AvgIpc) is 3.19. The fraction of sp³-hybridized carbons (Fsp3) is 0.333. The molecule has 2 N–H and O–H groups in total. The van der Waals surface area contributed by atoms with Crippen LogP contribution >= 0.6 is 11.6 Å². The molecule has 10 heteroatoms. The number of benzene rings is 3. The third kappa shape index (κ3) is 4.72. The van der Waals surface area contributed by atoms with Crippen LogP contribution in [-0.4, -0.2) is 43.2 Å². The van der Waals surface area contributed by atoms with Crippen LogP contribution in [0.5, 0.6) is 11.5 Å². The zero-order valence-electron chi connectivity index (χ0n) is 23.1. The van der Waals surface area contributed by atoms with Gasteiger partial charge in [-0.05, 0) is 38.5 Å². The number of nitrogens with zero attached hydrogens (tertiary/aromatic N) is 1. The molecule has 0 spiro atoms. The molecule has 0 bridgehead atoms. The summed E-state index contributed by atoms with van der Waals surface area (Å²) in [5.41, 5.74) is 4.09. The first-order valence-corrected chi connectivity index (χ1v) is 12.9. The maximum Gasteiger partial charge on any atom is 0.410 e. The molecule has 212 valence electrons. The average molecular weight is 573 g/mol.